The van der Waals surface area contributed by atoms with Gasteiger partial charge in [0.25, 0.3) is 0 Å². The summed E-state index contributed by atoms with van der Waals surface area (Å²) in [4.78, 5) is 13.9. The lowest BCUT2D eigenvalue weighted by atomic mass is 10.2. The highest BCUT2D eigenvalue weighted by Gasteiger charge is 2.26. The molecule has 0 fully saturated rings. The van der Waals surface area contributed by atoms with E-state index in [1.165, 1.54) is 0 Å². The molecule has 19 heavy (non-hydrogen) atoms. The Morgan fingerprint density at radius 1 is 1.58 bits per heavy atom. The van der Waals surface area contributed by atoms with E-state index in [2.05, 4.69) is 5.32 Å². The molecule has 1 aromatic rings. The van der Waals surface area contributed by atoms with Gasteiger partial charge in [-0.1, -0.05) is 17.7 Å². The van der Waals surface area contributed by atoms with E-state index in [-0.39, 0.29) is 18.7 Å². The monoisotopic (exact) mass is 282 g/mol. The molecule has 5 heteroatoms. The maximum atomic E-state index is 12.2. The zero-order valence-electron chi connectivity index (χ0n) is 11.0. The molecule has 1 atom stereocenters. The van der Waals surface area contributed by atoms with Crippen LogP contribution < -0.4 is 10.2 Å². The lowest BCUT2D eigenvalue weighted by molar-refractivity contribution is 0.240. The molecule has 2 N–H and O–H groups in total. The van der Waals surface area contributed by atoms with Crippen LogP contribution in [-0.4, -0.2) is 30.3 Å². The Labute approximate surface area is 118 Å². The maximum Gasteiger partial charge on any atom is 0.322 e. The van der Waals surface area contributed by atoms with Crippen LogP contribution in [0.3, 0.4) is 0 Å². The molecule has 1 aromatic carbocycles. The number of nitrogens with zero attached hydrogens (tertiary/aromatic N) is 1. The molecular weight excluding hydrogens is 264 g/mol. The van der Waals surface area contributed by atoms with E-state index in [0.29, 0.717) is 13.0 Å². The predicted molar refractivity (Wildman–Crippen MR) is 76.8 cm³/mol. The van der Waals surface area contributed by atoms with Crippen LogP contribution in [0.4, 0.5) is 10.5 Å². The third kappa shape index (κ3) is 3.19. The molecule has 2 amide bonds. The molecule has 2 rings (SSSR count). The van der Waals surface area contributed by atoms with Crippen LogP contribution in [0.2, 0.25) is 5.02 Å². The average molecular weight is 283 g/mol. The number of aliphatic hydroxyl groups excluding tert-OH is 1. The summed E-state index contributed by atoms with van der Waals surface area (Å²) < 4.78 is 0. The first kappa shape index (κ1) is 14.2. The number of halogens is 1. The highest BCUT2D eigenvalue weighted by molar-refractivity contribution is 6.32. The van der Waals surface area contributed by atoms with Gasteiger partial charge in [-0.25, -0.2) is 4.79 Å². The summed E-state index contributed by atoms with van der Waals surface area (Å²) in [6.45, 7) is 2.77. The largest absolute Gasteiger partial charge is 0.396 e. The molecule has 1 aliphatic rings. The summed E-state index contributed by atoms with van der Waals surface area (Å²) in [7, 11) is 0. The van der Waals surface area contributed by atoms with E-state index in [1.54, 1.807) is 4.90 Å². The number of urea groups is 1. The fraction of sp³-hybridized carbons (Fsp3) is 0.500. The van der Waals surface area contributed by atoms with Crippen molar-refractivity contribution >= 4 is 23.3 Å². The number of nitrogens with one attached hydrogen (secondary N) is 1. The van der Waals surface area contributed by atoms with Gasteiger partial charge in [0.15, 0.2) is 0 Å². The maximum absolute atomic E-state index is 12.2. The van der Waals surface area contributed by atoms with Crippen molar-refractivity contribution in [2.24, 2.45) is 0 Å². The standard InChI is InChI=1S/C14H19ClN2O2/c1-10(4-3-9-18)16-14(19)17-8-7-11-12(15)5-2-6-13(11)17/h2,5-6,10,18H,3-4,7-9H2,1H3,(H,16,19). The first-order valence-corrected chi connectivity index (χ1v) is 6.97. The molecule has 4 nitrogen and oxygen atoms in total. The van der Waals surface area contributed by atoms with E-state index in [4.69, 9.17) is 16.7 Å². The van der Waals surface area contributed by atoms with E-state index in [1.807, 2.05) is 25.1 Å². The van der Waals surface area contributed by atoms with Crippen molar-refractivity contribution in [2.45, 2.75) is 32.2 Å². The minimum Gasteiger partial charge on any atom is -0.396 e. The van der Waals surface area contributed by atoms with Crippen molar-refractivity contribution in [1.29, 1.82) is 0 Å². The van der Waals surface area contributed by atoms with Gasteiger partial charge in [-0.2, -0.15) is 0 Å². The molecule has 0 aromatic heterocycles. The highest BCUT2D eigenvalue weighted by atomic mass is 35.5. The number of hydrogen-bond acceptors (Lipinski definition) is 2. The van der Waals surface area contributed by atoms with Crippen molar-refractivity contribution in [3.8, 4) is 0 Å². The first-order chi connectivity index (χ1) is 9.13. The number of carbonyl (C=O) groups is 1. The Kier molecular flexibility index (Phi) is 4.66. The van der Waals surface area contributed by atoms with Crippen molar-refractivity contribution in [3.63, 3.8) is 0 Å². The van der Waals surface area contributed by atoms with E-state index < -0.39 is 0 Å². The molecule has 104 valence electrons. The van der Waals surface area contributed by atoms with Crippen molar-refractivity contribution in [3.05, 3.63) is 28.8 Å². The number of hydrogen-bond donors (Lipinski definition) is 2. The zero-order valence-corrected chi connectivity index (χ0v) is 11.8. The topological polar surface area (TPSA) is 52.6 Å². The van der Waals surface area contributed by atoms with Gasteiger partial charge < -0.3 is 10.4 Å². The Balaban J connectivity index is 2.01. The van der Waals surface area contributed by atoms with Crippen LogP contribution in [-0.2, 0) is 6.42 Å². The second-order valence-corrected chi connectivity index (χ2v) is 5.26. The smallest absolute Gasteiger partial charge is 0.322 e. The molecule has 1 heterocycles. The Morgan fingerprint density at radius 2 is 2.37 bits per heavy atom. The van der Waals surface area contributed by atoms with E-state index >= 15 is 0 Å². The number of benzene rings is 1. The van der Waals surface area contributed by atoms with Crippen molar-refractivity contribution in [2.75, 3.05) is 18.1 Å². The molecule has 0 saturated carbocycles. The van der Waals surface area contributed by atoms with Crippen LogP contribution >= 0.6 is 11.6 Å². The molecule has 0 bridgehead atoms. The quantitative estimate of drug-likeness (QED) is 0.892. The minimum absolute atomic E-state index is 0.0582. The van der Waals surface area contributed by atoms with Gasteiger partial charge in [-0.05, 0) is 43.9 Å². The number of fused-ring (bicyclic) bond motifs is 1. The second-order valence-electron chi connectivity index (χ2n) is 4.86. The summed E-state index contributed by atoms with van der Waals surface area (Å²) in [5.74, 6) is 0. The molecule has 0 aliphatic carbocycles. The van der Waals surface area contributed by atoms with Crippen molar-refractivity contribution in [1.82, 2.24) is 5.32 Å². The third-order valence-electron chi connectivity index (χ3n) is 3.38. The average Bonchev–Trinajstić information content (AvgIpc) is 2.81. The number of carbonyl (C=O) groups excluding carboxylic acids is 1. The van der Waals surface area contributed by atoms with Gasteiger partial charge in [0.2, 0.25) is 0 Å². The molecule has 0 saturated heterocycles. The summed E-state index contributed by atoms with van der Waals surface area (Å²) in [5.41, 5.74) is 1.95. The van der Waals surface area contributed by atoms with Crippen molar-refractivity contribution < 1.29 is 9.90 Å². The van der Waals surface area contributed by atoms with Gasteiger partial charge in [0, 0.05) is 24.2 Å². The summed E-state index contributed by atoms with van der Waals surface area (Å²) in [6.07, 6.45) is 2.27. The predicted octanol–water partition coefficient (Wildman–Crippen LogP) is 2.57. The zero-order chi connectivity index (χ0) is 13.8. The molecule has 0 radical (unpaired) electrons. The lowest BCUT2D eigenvalue weighted by Crippen LogP contribution is -2.43. The van der Waals surface area contributed by atoms with E-state index in [9.17, 15) is 4.79 Å². The van der Waals surface area contributed by atoms with Crippen LogP contribution in [0, 0.1) is 0 Å². The Hall–Kier alpha value is -1.26. The molecule has 1 aliphatic heterocycles. The van der Waals surface area contributed by atoms with Gasteiger partial charge in [0.1, 0.15) is 0 Å². The van der Waals surface area contributed by atoms with Gasteiger partial charge >= 0.3 is 6.03 Å². The second kappa shape index (κ2) is 6.26. The fourth-order valence-electron chi connectivity index (χ4n) is 2.36. The fourth-order valence-corrected chi connectivity index (χ4v) is 2.63. The number of anilines is 1. The summed E-state index contributed by atoms with van der Waals surface area (Å²) in [5, 5.41) is 12.5. The highest BCUT2D eigenvalue weighted by Crippen LogP contribution is 2.33. The number of rotatable bonds is 4. The van der Waals surface area contributed by atoms with Gasteiger partial charge in [-0.3, -0.25) is 4.90 Å². The minimum atomic E-state index is -0.0912. The normalized spacial score (nSPS) is 15.2. The number of aliphatic hydroxyl groups is 1. The molecular formula is C14H19ClN2O2. The van der Waals surface area contributed by atoms with Crippen LogP contribution in [0.1, 0.15) is 25.3 Å². The summed E-state index contributed by atoms with van der Waals surface area (Å²) >= 11 is 6.13. The summed E-state index contributed by atoms with van der Waals surface area (Å²) in [6, 6.07) is 5.61. The third-order valence-corrected chi connectivity index (χ3v) is 3.73. The van der Waals surface area contributed by atoms with Crippen LogP contribution in [0.5, 0.6) is 0 Å². The first-order valence-electron chi connectivity index (χ1n) is 6.59. The lowest BCUT2D eigenvalue weighted by Gasteiger charge is -2.21. The SMILES string of the molecule is CC(CCCO)NC(=O)N1CCc2c(Cl)cccc21. The molecule has 0 spiro atoms. The van der Waals surface area contributed by atoms with Crippen LogP contribution in [0.25, 0.3) is 0 Å². The van der Waals surface area contributed by atoms with E-state index in [0.717, 1.165) is 29.1 Å². The van der Waals surface area contributed by atoms with Gasteiger partial charge in [-0.15, -0.1) is 0 Å². The Bertz CT molecular complexity index is 465. The number of amides is 2. The van der Waals surface area contributed by atoms with Gasteiger partial charge in [0.05, 0.1) is 5.69 Å². The van der Waals surface area contributed by atoms with Crippen LogP contribution in [0.15, 0.2) is 18.2 Å². The Morgan fingerprint density at radius 3 is 3.11 bits per heavy atom. The molecule has 1 unspecified atom stereocenters.